The third-order valence-corrected chi connectivity index (χ3v) is 3.10. The molecule has 17 heavy (non-hydrogen) atoms. The molecule has 0 spiro atoms. The van der Waals surface area contributed by atoms with Gasteiger partial charge in [0.05, 0.1) is 10.6 Å². The molecule has 0 aliphatic carbocycles. The molecular weight excluding hydrogens is 246 g/mol. The highest BCUT2D eigenvalue weighted by Crippen LogP contribution is 2.26. The Morgan fingerprint density at radius 2 is 1.35 bits per heavy atom. The van der Waals surface area contributed by atoms with Crippen molar-refractivity contribution in [2.45, 2.75) is 4.90 Å². The van der Waals surface area contributed by atoms with E-state index >= 15 is 0 Å². The standard InChI is InChI=1S/C10H9NO5S/c12-9-5-6-10(13)11(9)7-1-3-8(4-2-7)17(14,15)16/h1-6,12-13H,(H,14,15,16). The van der Waals surface area contributed by atoms with Crippen molar-refractivity contribution in [3.63, 3.8) is 0 Å². The summed E-state index contributed by atoms with van der Waals surface area (Å²) in [5.74, 6) is -0.357. The Morgan fingerprint density at radius 3 is 1.76 bits per heavy atom. The van der Waals surface area contributed by atoms with Gasteiger partial charge >= 0.3 is 0 Å². The molecule has 0 fully saturated rings. The van der Waals surface area contributed by atoms with Gasteiger partial charge in [-0.15, -0.1) is 0 Å². The first-order chi connectivity index (χ1) is 7.89. The minimum atomic E-state index is -4.24. The first-order valence-corrected chi connectivity index (χ1v) is 6.01. The second-order valence-electron chi connectivity index (χ2n) is 3.35. The zero-order valence-corrected chi connectivity index (χ0v) is 9.29. The van der Waals surface area contributed by atoms with Crippen molar-refractivity contribution in [3.05, 3.63) is 36.4 Å². The fraction of sp³-hybridized carbons (Fsp3) is 0. The Morgan fingerprint density at radius 1 is 0.882 bits per heavy atom. The van der Waals surface area contributed by atoms with Gasteiger partial charge in [-0.1, -0.05) is 0 Å². The number of aromatic hydroxyl groups is 2. The van der Waals surface area contributed by atoms with E-state index in [1.54, 1.807) is 0 Å². The zero-order chi connectivity index (χ0) is 12.6. The van der Waals surface area contributed by atoms with E-state index in [-0.39, 0.29) is 16.7 Å². The molecule has 0 aliphatic heterocycles. The van der Waals surface area contributed by atoms with Gasteiger partial charge in [0.1, 0.15) is 0 Å². The highest BCUT2D eigenvalue weighted by molar-refractivity contribution is 7.85. The maximum absolute atomic E-state index is 10.8. The molecule has 90 valence electrons. The lowest BCUT2D eigenvalue weighted by Crippen LogP contribution is -1.99. The van der Waals surface area contributed by atoms with Crippen molar-refractivity contribution in [3.8, 4) is 17.4 Å². The van der Waals surface area contributed by atoms with E-state index in [1.165, 1.54) is 36.4 Å². The Labute approximate surface area is 97.1 Å². The van der Waals surface area contributed by atoms with Crippen LogP contribution in [0.1, 0.15) is 0 Å². The smallest absolute Gasteiger partial charge is 0.294 e. The second-order valence-corrected chi connectivity index (χ2v) is 4.78. The second kappa shape index (κ2) is 3.79. The van der Waals surface area contributed by atoms with Gasteiger partial charge in [-0.2, -0.15) is 8.42 Å². The zero-order valence-electron chi connectivity index (χ0n) is 8.48. The molecule has 0 amide bonds. The average Bonchev–Trinajstić information content (AvgIpc) is 2.58. The summed E-state index contributed by atoms with van der Waals surface area (Å²) in [5, 5.41) is 18.9. The fourth-order valence-electron chi connectivity index (χ4n) is 1.45. The van der Waals surface area contributed by atoms with Gasteiger partial charge in [-0.3, -0.25) is 9.12 Å². The van der Waals surface area contributed by atoms with E-state index in [0.717, 1.165) is 4.57 Å². The summed E-state index contributed by atoms with van der Waals surface area (Å²) >= 11 is 0. The molecular formula is C10H9NO5S. The molecule has 0 aliphatic rings. The lowest BCUT2D eigenvalue weighted by molar-refractivity contribution is 0.402. The van der Waals surface area contributed by atoms with Gasteiger partial charge in [0, 0.05) is 12.1 Å². The Kier molecular flexibility index (Phi) is 2.56. The van der Waals surface area contributed by atoms with Crippen molar-refractivity contribution in [1.29, 1.82) is 0 Å². The number of aromatic nitrogens is 1. The Bertz CT molecular complexity index is 622. The molecule has 6 nitrogen and oxygen atoms in total. The van der Waals surface area contributed by atoms with Crippen LogP contribution >= 0.6 is 0 Å². The summed E-state index contributed by atoms with van der Waals surface area (Å²) in [6.07, 6.45) is 0. The SMILES string of the molecule is O=S(=O)(O)c1ccc(-n2c(O)ccc2O)cc1. The molecule has 1 aromatic heterocycles. The van der Waals surface area contributed by atoms with Crippen LogP contribution in [0.2, 0.25) is 0 Å². The van der Waals surface area contributed by atoms with Crippen LogP contribution in [0.5, 0.6) is 11.8 Å². The highest BCUT2D eigenvalue weighted by atomic mass is 32.2. The summed E-state index contributed by atoms with van der Waals surface area (Å²) in [4.78, 5) is -0.257. The number of hydrogen-bond donors (Lipinski definition) is 3. The Balaban J connectivity index is 2.50. The molecule has 0 unspecified atom stereocenters. The topological polar surface area (TPSA) is 99.8 Å². The van der Waals surface area contributed by atoms with Crippen LogP contribution in [0, 0.1) is 0 Å². The van der Waals surface area contributed by atoms with Gasteiger partial charge in [0.25, 0.3) is 10.1 Å². The van der Waals surface area contributed by atoms with Gasteiger partial charge in [0.2, 0.25) is 0 Å². The molecule has 2 rings (SSSR count). The summed E-state index contributed by atoms with van der Waals surface area (Å²) in [6, 6.07) is 7.64. The maximum atomic E-state index is 10.8. The molecule has 0 bridgehead atoms. The van der Waals surface area contributed by atoms with E-state index < -0.39 is 10.1 Å². The first-order valence-electron chi connectivity index (χ1n) is 4.57. The lowest BCUT2D eigenvalue weighted by Gasteiger charge is -2.06. The van der Waals surface area contributed by atoms with Crippen LogP contribution in [-0.2, 0) is 10.1 Å². The summed E-state index contributed by atoms with van der Waals surface area (Å²) < 4.78 is 31.5. The molecule has 3 N–H and O–H groups in total. The first kappa shape index (κ1) is 11.5. The molecule has 0 saturated carbocycles. The fourth-order valence-corrected chi connectivity index (χ4v) is 1.93. The van der Waals surface area contributed by atoms with Crippen LogP contribution in [-0.4, -0.2) is 27.8 Å². The van der Waals surface area contributed by atoms with Gasteiger partial charge in [0.15, 0.2) is 11.8 Å². The number of rotatable bonds is 2. The third-order valence-electron chi connectivity index (χ3n) is 2.23. The molecule has 0 saturated heterocycles. The van der Waals surface area contributed by atoms with E-state index in [0.29, 0.717) is 5.69 Å². The van der Waals surface area contributed by atoms with E-state index in [1.807, 2.05) is 0 Å². The summed E-state index contributed by atoms with van der Waals surface area (Å²) in [7, 11) is -4.24. The normalized spacial score (nSPS) is 11.6. The monoisotopic (exact) mass is 255 g/mol. The highest BCUT2D eigenvalue weighted by Gasteiger charge is 2.11. The summed E-state index contributed by atoms with van der Waals surface area (Å²) in [5.41, 5.74) is 0.373. The van der Waals surface area contributed by atoms with Crippen molar-refractivity contribution < 1.29 is 23.2 Å². The number of nitrogens with zero attached hydrogens (tertiary/aromatic N) is 1. The largest absolute Gasteiger partial charge is 0.494 e. The van der Waals surface area contributed by atoms with E-state index in [2.05, 4.69) is 0 Å². The molecule has 1 heterocycles. The third kappa shape index (κ3) is 2.10. The number of benzene rings is 1. The maximum Gasteiger partial charge on any atom is 0.294 e. The van der Waals surface area contributed by atoms with Crippen LogP contribution in [0.4, 0.5) is 0 Å². The van der Waals surface area contributed by atoms with Crippen LogP contribution in [0.3, 0.4) is 0 Å². The van der Waals surface area contributed by atoms with Gasteiger partial charge in [-0.25, -0.2) is 0 Å². The molecule has 7 heteroatoms. The van der Waals surface area contributed by atoms with Crippen molar-refractivity contribution in [1.82, 2.24) is 4.57 Å². The van der Waals surface area contributed by atoms with Crippen molar-refractivity contribution in [2.75, 3.05) is 0 Å². The molecule has 0 atom stereocenters. The minimum Gasteiger partial charge on any atom is -0.494 e. The molecule has 1 aromatic carbocycles. The van der Waals surface area contributed by atoms with Gasteiger partial charge in [-0.05, 0) is 24.3 Å². The van der Waals surface area contributed by atoms with Crippen molar-refractivity contribution >= 4 is 10.1 Å². The van der Waals surface area contributed by atoms with Gasteiger partial charge < -0.3 is 10.2 Å². The quantitative estimate of drug-likeness (QED) is 0.698. The predicted molar refractivity (Wildman–Crippen MR) is 58.9 cm³/mol. The van der Waals surface area contributed by atoms with E-state index in [4.69, 9.17) is 4.55 Å². The molecule has 0 radical (unpaired) electrons. The average molecular weight is 255 g/mol. The van der Waals surface area contributed by atoms with Crippen LogP contribution in [0.15, 0.2) is 41.3 Å². The van der Waals surface area contributed by atoms with E-state index in [9.17, 15) is 18.6 Å². The Hall–Kier alpha value is -1.99. The van der Waals surface area contributed by atoms with Crippen LogP contribution in [0.25, 0.3) is 5.69 Å². The summed E-state index contributed by atoms with van der Waals surface area (Å²) in [6.45, 7) is 0. The number of hydrogen-bond acceptors (Lipinski definition) is 4. The lowest BCUT2D eigenvalue weighted by atomic mass is 10.3. The molecule has 2 aromatic rings. The minimum absolute atomic E-state index is 0.179. The predicted octanol–water partition coefficient (Wildman–Crippen LogP) is 1.14. The van der Waals surface area contributed by atoms with Crippen LogP contribution < -0.4 is 0 Å². The van der Waals surface area contributed by atoms with Crippen molar-refractivity contribution in [2.24, 2.45) is 0 Å².